The second-order valence-corrected chi connectivity index (χ2v) is 7.07. The first-order valence-corrected chi connectivity index (χ1v) is 8.96. The van der Waals surface area contributed by atoms with E-state index in [-0.39, 0.29) is 30.4 Å². The molecule has 4 rings (SSSR count). The van der Waals surface area contributed by atoms with Crippen molar-refractivity contribution in [1.82, 2.24) is 19.8 Å². The first kappa shape index (κ1) is 19.4. The van der Waals surface area contributed by atoms with E-state index in [4.69, 9.17) is 0 Å². The number of carbonyl (C=O) groups excluding carboxylic acids is 2. The highest BCUT2D eigenvalue weighted by atomic mass is 35.5. The molecule has 3 heterocycles. The van der Waals surface area contributed by atoms with Crippen LogP contribution in [0.25, 0.3) is 11.0 Å². The summed E-state index contributed by atoms with van der Waals surface area (Å²) in [6.45, 7) is 1.91. The van der Waals surface area contributed by atoms with Crippen LogP contribution in [-0.2, 0) is 16.6 Å². The fraction of sp³-hybridized carbons (Fsp3) is 0.500. The number of piperidine rings is 1. The summed E-state index contributed by atoms with van der Waals surface area (Å²) >= 11 is 0. The monoisotopic (exact) mass is 393 g/mol. The minimum atomic E-state index is -0.643. The summed E-state index contributed by atoms with van der Waals surface area (Å²) in [6, 6.07) is 5.75. The van der Waals surface area contributed by atoms with Gasteiger partial charge in [0.25, 0.3) is 0 Å². The molecule has 2 N–H and O–H groups in total. The molecule has 9 heteroatoms. The fourth-order valence-electron chi connectivity index (χ4n) is 4.01. The molecule has 2 amide bonds. The van der Waals surface area contributed by atoms with Gasteiger partial charge in [0.15, 0.2) is 0 Å². The van der Waals surface area contributed by atoms with E-state index in [0.29, 0.717) is 12.5 Å². The van der Waals surface area contributed by atoms with E-state index >= 15 is 0 Å². The van der Waals surface area contributed by atoms with Crippen LogP contribution >= 0.6 is 12.4 Å². The first-order chi connectivity index (χ1) is 12.5. The molecule has 0 saturated carbocycles. The van der Waals surface area contributed by atoms with Gasteiger partial charge in [-0.25, -0.2) is 4.79 Å². The molecule has 1 aromatic heterocycles. The van der Waals surface area contributed by atoms with Gasteiger partial charge in [0.05, 0.1) is 11.0 Å². The number of fused-ring (bicyclic) bond motifs is 1. The Bertz CT molecular complexity index is 950. The predicted octanol–water partition coefficient (Wildman–Crippen LogP) is 0.538. The zero-order valence-corrected chi connectivity index (χ0v) is 16.2. The summed E-state index contributed by atoms with van der Waals surface area (Å²) in [7, 11) is 3.69. The van der Waals surface area contributed by atoms with E-state index in [1.165, 1.54) is 4.57 Å². The van der Waals surface area contributed by atoms with E-state index in [1.807, 2.05) is 25.2 Å². The summed E-state index contributed by atoms with van der Waals surface area (Å²) in [5.41, 5.74) is 2.36. The van der Waals surface area contributed by atoms with Crippen molar-refractivity contribution in [3.8, 4) is 0 Å². The number of halogens is 1. The molecule has 0 radical (unpaired) electrons. The van der Waals surface area contributed by atoms with Crippen LogP contribution in [0, 0.1) is 0 Å². The van der Waals surface area contributed by atoms with E-state index < -0.39 is 11.9 Å². The van der Waals surface area contributed by atoms with Crippen molar-refractivity contribution in [3.05, 3.63) is 28.7 Å². The van der Waals surface area contributed by atoms with Gasteiger partial charge in [-0.3, -0.25) is 24.0 Å². The van der Waals surface area contributed by atoms with Crippen molar-refractivity contribution in [2.24, 2.45) is 7.05 Å². The number of amides is 2. The summed E-state index contributed by atoms with van der Waals surface area (Å²) in [4.78, 5) is 38.7. The second kappa shape index (κ2) is 7.36. The number of imide groups is 1. The lowest BCUT2D eigenvalue weighted by Gasteiger charge is -2.22. The molecule has 146 valence electrons. The standard InChI is InChI=1S/C18H23N5O3.ClH/c1-19-11-7-8-22(10-11)12-3-4-13-15(9-12)21(2)18(26)23(13)14-5-6-16(24)20-17(14)25;/h3-4,9,11,14,19H,5-8,10H2,1-2H3,(H,20,24,25);1H. The maximum atomic E-state index is 12.8. The third-order valence-electron chi connectivity index (χ3n) is 5.56. The Balaban J connectivity index is 0.00000210. The van der Waals surface area contributed by atoms with Crippen LogP contribution < -0.4 is 21.2 Å². The number of nitrogens with one attached hydrogen (secondary N) is 2. The molecule has 2 unspecified atom stereocenters. The number of hydrogen-bond donors (Lipinski definition) is 2. The third-order valence-corrected chi connectivity index (χ3v) is 5.56. The average molecular weight is 394 g/mol. The molecule has 2 atom stereocenters. The Morgan fingerprint density at radius 1 is 1.15 bits per heavy atom. The largest absolute Gasteiger partial charge is 0.370 e. The lowest BCUT2D eigenvalue weighted by atomic mass is 10.1. The molecule has 2 aliphatic heterocycles. The molecule has 0 spiro atoms. The average Bonchev–Trinajstić information content (AvgIpc) is 3.20. The van der Waals surface area contributed by atoms with Crippen LogP contribution in [0.15, 0.2) is 23.0 Å². The molecular weight excluding hydrogens is 370 g/mol. The highest BCUT2D eigenvalue weighted by molar-refractivity contribution is 6.00. The molecule has 0 bridgehead atoms. The van der Waals surface area contributed by atoms with Crippen molar-refractivity contribution in [2.75, 3.05) is 25.0 Å². The Labute approximate surface area is 162 Å². The van der Waals surface area contributed by atoms with Gasteiger partial charge < -0.3 is 10.2 Å². The number of imidazole rings is 1. The first-order valence-electron chi connectivity index (χ1n) is 8.96. The Morgan fingerprint density at radius 3 is 2.59 bits per heavy atom. The minimum Gasteiger partial charge on any atom is -0.370 e. The summed E-state index contributed by atoms with van der Waals surface area (Å²) in [6.07, 6.45) is 1.68. The molecule has 2 fully saturated rings. The SMILES string of the molecule is CNC1CCN(c2ccc3c(c2)n(C)c(=O)n3C2CCC(=O)NC2=O)C1.Cl. The molecular formula is C18H24ClN5O3. The van der Waals surface area contributed by atoms with Crippen LogP contribution in [0.1, 0.15) is 25.3 Å². The second-order valence-electron chi connectivity index (χ2n) is 7.07. The maximum absolute atomic E-state index is 12.8. The maximum Gasteiger partial charge on any atom is 0.329 e. The number of rotatable bonds is 3. The Hall–Kier alpha value is -2.32. The fourth-order valence-corrected chi connectivity index (χ4v) is 4.01. The molecule has 27 heavy (non-hydrogen) atoms. The van der Waals surface area contributed by atoms with Crippen molar-refractivity contribution in [1.29, 1.82) is 0 Å². The van der Waals surface area contributed by atoms with E-state index in [1.54, 1.807) is 11.6 Å². The van der Waals surface area contributed by atoms with Gasteiger partial charge in [0.1, 0.15) is 6.04 Å². The van der Waals surface area contributed by atoms with Gasteiger partial charge in [-0.1, -0.05) is 0 Å². The Kier molecular flexibility index (Phi) is 5.30. The van der Waals surface area contributed by atoms with Crippen LogP contribution in [0.5, 0.6) is 0 Å². The molecule has 8 nitrogen and oxygen atoms in total. The topological polar surface area (TPSA) is 88.4 Å². The van der Waals surface area contributed by atoms with Crippen LogP contribution in [0.4, 0.5) is 5.69 Å². The van der Waals surface area contributed by atoms with E-state index in [9.17, 15) is 14.4 Å². The molecule has 1 aromatic carbocycles. The van der Waals surface area contributed by atoms with Crippen LogP contribution in [0.2, 0.25) is 0 Å². The number of carbonyl (C=O) groups is 2. The van der Waals surface area contributed by atoms with Crippen molar-refractivity contribution in [2.45, 2.75) is 31.3 Å². The smallest absolute Gasteiger partial charge is 0.329 e. The van der Waals surface area contributed by atoms with Crippen LogP contribution in [0.3, 0.4) is 0 Å². The number of likely N-dealkylation sites (N-methyl/N-ethyl adjacent to an activating group) is 1. The minimum absolute atomic E-state index is 0. The van der Waals surface area contributed by atoms with Gasteiger partial charge in [-0.05, 0) is 38.1 Å². The van der Waals surface area contributed by atoms with E-state index in [0.717, 1.165) is 36.2 Å². The highest BCUT2D eigenvalue weighted by Gasteiger charge is 2.31. The Morgan fingerprint density at radius 2 is 1.93 bits per heavy atom. The number of aryl methyl sites for hydroxylation is 1. The quantitative estimate of drug-likeness (QED) is 0.743. The van der Waals surface area contributed by atoms with Gasteiger partial charge in [-0.2, -0.15) is 0 Å². The molecule has 2 aliphatic rings. The zero-order valence-electron chi connectivity index (χ0n) is 15.4. The van der Waals surface area contributed by atoms with E-state index in [2.05, 4.69) is 15.5 Å². The lowest BCUT2D eigenvalue weighted by Crippen LogP contribution is -2.44. The van der Waals surface area contributed by atoms with Gasteiger partial charge in [0, 0.05) is 38.3 Å². The van der Waals surface area contributed by atoms with Gasteiger partial charge in [-0.15, -0.1) is 12.4 Å². The van der Waals surface area contributed by atoms with Crippen molar-refractivity contribution < 1.29 is 9.59 Å². The number of benzene rings is 1. The number of anilines is 1. The highest BCUT2D eigenvalue weighted by Crippen LogP contribution is 2.28. The molecule has 0 aliphatic carbocycles. The van der Waals surface area contributed by atoms with Crippen molar-refractivity contribution in [3.63, 3.8) is 0 Å². The summed E-state index contributed by atoms with van der Waals surface area (Å²) < 4.78 is 3.09. The zero-order chi connectivity index (χ0) is 18.4. The number of aromatic nitrogens is 2. The third kappa shape index (κ3) is 3.23. The number of nitrogens with zero attached hydrogens (tertiary/aromatic N) is 3. The number of hydrogen-bond acceptors (Lipinski definition) is 5. The van der Waals surface area contributed by atoms with Crippen molar-refractivity contribution >= 4 is 40.9 Å². The normalized spacial score (nSPS) is 22.8. The molecule has 2 aromatic rings. The summed E-state index contributed by atoms with van der Waals surface area (Å²) in [5, 5.41) is 5.64. The van der Waals surface area contributed by atoms with Gasteiger partial charge >= 0.3 is 5.69 Å². The lowest BCUT2D eigenvalue weighted by molar-refractivity contribution is -0.135. The predicted molar refractivity (Wildman–Crippen MR) is 106 cm³/mol. The summed E-state index contributed by atoms with van der Waals surface area (Å²) in [5.74, 6) is -0.689. The van der Waals surface area contributed by atoms with Crippen LogP contribution in [-0.4, -0.2) is 47.1 Å². The van der Waals surface area contributed by atoms with Gasteiger partial charge in [0.2, 0.25) is 11.8 Å². The molecule has 2 saturated heterocycles.